The van der Waals surface area contributed by atoms with Crippen molar-refractivity contribution < 1.29 is 13.2 Å². The Morgan fingerprint density at radius 1 is 1.50 bits per heavy atom. The van der Waals surface area contributed by atoms with Gasteiger partial charge in [0.25, 0.3) is 5.91 Å². The third kappa shape index (κ3) is 3.78. The zero-order valence-corrected chi connectivity index (χ0v) is 12.8. The van der Waals surface area contributed by atoms with E-state index in [9.17, 15) is 13.2 Å². The molecule has 0 atom stereocenters. The minimum Gasteiger partial charge on any atom is -0.350 e. The van der Waals surface area contributed by atoms with Crippen LogP contribution in [-0.2, 0) is 9.84 Å². The van der Waals surface area contributed by atoms with Gasteiger partial charge in [0.2, 0.25) is 0 Å². The average molecular weight is 335 g/mol. The molecule has 0 spiro atoms. The Balaban J connectivity index is 2.74. The summed E-state index contributed by atoms with van der Waals surface area (Å²) in [5.74, 6) is -0.324. The lowest BCUT2D eigenvalue weighted by atomic mass is 10.2. The second-order valence-electron chi connectivity index (χ2n) is 4.58. The van der Waals surface area contributed by atoms with Gasteiger partial charge >= 0.3 is 0 Å². The summed E-state index contributed by atoms with van der Waals surface area (Å²) in [6.07, 6.45) is 2.66. The summed E-state index contributed by atoms with van der Waals surface area (Å²) in [7, 11) is -3.22. The van der Waals surface area contributed by atoms with Crippen molar-refractivity contribution in [3.05, 3.63) is 28.5 Å². The molecule has 1 aromatic heterocycles. The average Bonchev–Trinajstić information content (AvgIpc) is 2.24. The lowest BCUT2D eigenvalue weighted by Crippen LogP contribution is -2.43. The molecule has 18 heavy (non-hydrogen) atoms. The molecular formula is C11H15BrN2O3S. The number of rotatable bonds is 4. The van der Waals surface area contributed by atoms with E-state index in [1.807, 2.05) is 0 Å². The number of sulfone groups is 1. The summed E-state index contributed by atoms with van der Waals surface area (Å²) in [5.41, 5.74) is 0.432. The first-order chi connectivity index (χ1) is 8.13. The van der Waals surface area contributed by atoms with E-state index in [2.05, 4.69) is 26.2 Å². The molecule has 1 N–H and O–H groups in total. The van der Waals surface area contributed by atoms with E-state index in [1.54, 1.807) is 26.0 Å². The van der Waals surface area contributed by atoms with E-state index in [4.69, 9.17) is 0 Å². The van der Waals surface area contributed by atoms with Gasteiger partial charge in [-0.1, -0.05) is 0 Å². The molecule has 0 aliphatic carbocycles. The maximum atomic E-state index is 11.8. The third-order valence-electron chi connectivity index (χ3n) is 2.67. The molecular weight excluding hydrogens is 320 g/mol. The van der Waals surface area contributed by atoms with Crippen LogP contribution in [0.1, 0.15) is 24.2 Å². The molecule has 1 heterocycles. The molecule has 0 fully saturated rings. The van der Waals surface area contributed by atoms with Crippen LogP contribution in [0.2, 0.25) is 0 Å². The van der Waals surface area contributed by atoms with Crippen LogP contribution in [0.15, 0.2) is 22.9 Å². The Labute approximate surface area is 115 Å². The number of hydrogen-bond acceptors (Lipinski definition) is 4. The van der Waals surface area contributed by atoms with Crippen LogP contribution in [0.3, 0.4) is 0 Å². The van der Waals surface area contributed by atoms with Crippen molar-refractivity contribution in [1.82, 2.24) is 10.3 Å². The first-order valence-electron chi connectivity index (χ1n) is 5.23. The Kier molecular flexibility index (Phi) is 4.50. The lowest BCUT2D eigenvalue weighted by molar-refractivity contribution is 0.0950. The molecule has 7 heteroatoms. The number of nitrogens with one attached hydrogen (secondary N) is 1. The molecule has 1 amide bonds. The molecule has 0 unspecified atom stereocenters. The van der Waals surface area contributed by atoms with Gasteiger partial charge in [0, 0.05) is 24.6 Å². The maximum absolute atomic E-state index is 11.8. The number of hydrogen-bond donors (Lipinski definition) is 1. The van der Waals surface area contributed by atoms with Gasteiger partial charge in [0.15, 0.2) is 9.84 Å². The smallest absolute Gasteiger partial charge is 0.251 e. The van der Waals surface area contributed by atoms with E-state index in [0.29, 0.717) is 10.2 Å². The van der Waals surface area contributed by atoms with Crippen LogP contribution in [0.5, 0.6) is 0 Å². The highest BCUT2D eigenvalue weighted by Crippen LogP contribution is 2.14. The first kappa shape index (κ1) is 15.1. The third-order valence-corrected chi connectivity index (χ3v) is 5.25. The molecule has 1 rings (SSSR count). The molecule has 0 aromatic carbocycles. The fourth-order valence-electron chi connectivity index (χ4n) is 1.07. The molecule has 0 bridgehead atoms. The summed E-state index contributed by atoms with van der Waals surface area (Å²) in [6, 6.07) is 3.14. The van der Waals surface area contributed by atoms with Crippen LogP contribution in [0.4, 0.5) is 0 Å². The summed E-state index contributed by atoms with van der Waals surface area (Å²) in [6.45, 7) is 3.21. The minimum absolute atomic E-state index is 0.0601. The Bertz CT molecular complexity index is 555. The van der Waals surface area contributed by atoms with Gasteiger partial charge in [0.05, 0.1) is 4.75 Å². The monoisotopic (exact) mass is 334 g/mol. The van der Waals surface area contributed by atoms with Gasteiger partial charge in [-0.25, -0.2) is 13.4 Å². The highest BCUT2D eigenvalue weighted by atomic mass is 79.9. The van der Waals surface area contributed by atoms with Crippen LogP contribution < -0.4 is 5.32 Å². The van der Waals surface area contributed by atoms with Crippen molar-refractivity contribution in [3.8, 4) is 0 Å². The lowest BCUT2D eigenvalue weighted by Gasteiger charge is -2.22. The quantitative estimate of drug-likeness (QED) is 0.844. The molecule has 0 aliphatic heterocycles. The van der Waals surface area contributed by atoms with Crippen molar-refractivity contribution in [2.45, 2.75) is 18.6 Å². The highest BCUT2D eigenvalue weighted by molar-refractivity contribution is 9.10. The first-order valence-corrected chi connectivity index (χ1v) is 7.91. The molecule has 0 aliphatic rings. The maximum Gasteiger partial charge on any atom is 0.251 e. The molecule has 0 radical (unpaired) electrons. The van der Waals surface area contributed by atoms with Crippen LogP contribution in [-0.4, -0.2) is 36.9 Å². The largest absolute Gasteiger partial charge is 0.350 e. The molecule has 5 nitrogen and oxygen atoms in total. The highest BCUT2D eigenvalue weighted by Gasteiger charge is 2.30. The van der Waals surface area contributed by atoms with Crippen molar-refractivity contribution in [1.29, 1.82) is 0 Å². The Morgan fingerprint density at radius 3 is 2.61 bits per heavy atom. The van der Waals surface area contributed by atoms with Crippen LogP contribution in [0.25, 0.3) is 0 Å². The summed E-state index contributed by atoms with van der Waals surface area (Å²) in [5, 5.41) is 2.61. The van der Waals surface area contributed by atoms with E-state index in [1.165, 1.54) is 6.20 Å². The topological polar surface area (TPSA) is 76.1 Å². The Hall–Kier alpha value is -0.950. The fourth-order valence-corrected chi connectivity index (χ4v) is 1.77. The van der Waals surface area contributed by atoms with Gasteiger partial charge in [-0.15, -0.1) is 0 Å². The SMILES string of the molecule is CC(C)(CNC(=O)c1ccnc(Br)c1)S(C)(=O)=O. The van der Waals surface area contributed by atoms with Crippen molar-refractivity contribution in [2.75, 3.05) is 12.8 Å². The number of halogens is 1. The standard InChI is InChI=1S/C11H15BrN2O3S/c1-11(2,18(3,16)17)7-14-10(15)8-4-5-13-9(12)6-8/h4-6H,7H2,1-3H3,(H,14,15). The number of pyridine rings is 1. The van der Waals surface area contributed by atoms with Gasteiger partial charge < -0.3 is 5.32 Å². The second kappa shape index (κ2) is 5.36. The van der Waals surface area contributed by atoms with Crippen molar-refractivity contribution >= 4 is 31.7 Å². The van der Waals surface area contributed by atoms with Gasteiger partial charge in [-0.3, -0.25) is 4.79 Å². The van der Waals surface area contributed by atoms with Gasteiger partial charge in [0.1, 0.15) is 4.60 Å². The number of amides is 1. The summed E-state index contributed by atoms with van der Waals surface area (Å²) < 4.78 is 22.5. The molecule has 0 saturated carbocycles. The summed E-state index contributed by atoms with van der Waals surface area (Å²) in [4.78, 5) is 15.7. The predicted octanol–water partition coefficient (Wildman–Crippen LogP) is 1.40. The fraction of sp³-hybridized carbons (Fsp3) is 0.455. The van der Waals surface area contributed by atoms with E-state index in [0.717, 1.165) is 6.26 Å². The van der Waals surface area contributed by atoms with Gasteiger partial charge in [-0.2, -0.15) is 0 Å². The molecule has 0 saturated heterocycles. The van der Waals surface area contributed by atoms with Crippen molar-refractivity contribution in [3.63, 3.8) is 0 Å². The van der Waals surface area contributed by atoms with E-state index < -0.39 is 14.6 Å². The number of aromatic nitrogens is 1. The zero-order chi connectivity index (χ0) is 14.0. The van der Waals surface area contributed by atoms with Crippen LogP contribution >= 0.6 is 15.9 Å². The molecule has 1 aromatic rings. The van der Waals surface area contributed by atoms with Crippen molar-refractivity contribution in [2.24, 2.45) is 0 Å². The van der Waals surface area contributed by atoms with Gasteiger partial charge in [-0.05, 0) is 41.9 Å². The predicted molar refractivity (Wildman–Crippen MR) is 73.2 cm³/mol. The summed E-state index contributed by atoms with van der Waals surface area (Å²) >= 11 is 3.17. The Morgan fingerprint density at radius 2 is 2.11 bits per heavy atom. The second-order valence-corrected chi connectivity index (χ2v) is 8.04. The van der Waals surface area contributed by atoms with E-state index in [-0.39, 0.29) is 12.5 Å². The number of carbonyl (C=O) groups is 1. The number of nitrogens with zero attached hydrogens (tertiary/aromatic N) is 1. The minimum atomic E-state index is -3.22. The number of carbonyl (C=O) groups excluding carboxylic acids is 1. The normalized spacial score (nSPS) is 12.2. The molecule has 100 valence electrons. The van der Waals surface area contributed by atoms with Crippen LogP contribution in [0, 0.1) is 0 Å². The zero-order valence-electron chi connectivity index (χ0n) is 10.4. The van der Waals surface area contributed by atoms with E-state index >= 15 is 0 Å².